The zero-order valence-corrected chi connectivity index (χ0v) is 12.9. The monoisotopic (exact) mass is 295 g/mol. The summed E-state index contributed by atoms with van der Waals surface area (Å²) in [6, 6.07) is 4.00. The van der Waals surface area contributed by atoms with Crippen molar-refractivity contribution in [1.29, 1.82) is 0 Å². The van der Waals surface area contributed by atoms with Gasteiger partial charge in [-0.2, -0.15) is 0 Å². The van der Waals surface area contributed by atoms with Gasteiger partial charge < -0.3 is 19.2 Å². The van der Waals surface area contributed by atoms with Crippen molar-refractivity contribution in [2.45, 2.75) is 32.1 Å². The van der Waals surface area contributed by atoms with E-state index in [1.54, 1.807) is 12.0 Å². The average molecular weight is 295 g/mol. The van der Waals surface area contributed by atoms with Gasteiger partial charge in [-0.15, -0.1) is 0 Å². The van der Waals surface area contributed by atoms with E-state index in [1.807, 2.05) is 12.1 Å². The largest absolute Gasteiger partial charge is 0.466 e. The zero-order valence-electron chi connectivity index (χ0n) is 12.9. The molecule has 5 nitrogen and oxygen atoms in total. The highest BCUT2D eigenvalue weighted by molar-refractivity contribution is 5.76. The molecule has 2 unspecified atom stereocenters. The molecule has 1 N–H and O–H groups in total. The van der Waals surface area contributed by atoms with E-state index in [4.69, 9.17) is 14.3 Å². The minimum atomic E-state index is -0.0279. The van der Waals surface area contributed by atoms with Crippen molar-refractivity contribution in [2.75, 3.05) is 33.4 Å². The van der Waals surface area contributed by atoms with Gasteiger partial charge in [0.25, 0.3) is 0 Å². The highest BCUT2D eigenvalue weighted by Gasteiger charge is 2.36. The van der Waals surface area contributed by atoms with Crippen molar-refractivity contribution in [3.8, 4) is 0 Å². The standard InChI is InChI=1S/C16H25NO4/c1-12-11-14(12)15-5-3-13(21-15)4-6-16(19)17(7-9-18)8-10-20-2/h3,5,12,14,18H,4,6-11H2,1-2H3. The molecule has 1 aromatic heterocycles. The molecule has 1 amide bonds. The van der Waals surface area contributed by atoms with Crippen molar-refractivity contribution in [3.05, 3.63) is 23.7 Å². The fourth-order valence-electron chi connectivity index (χ4n) is 2.52. The number of carbonyl (C=O) groups is 1. The van der Waals surface area contributed by atoms with Crippen LogP contribution in [0.1, 0.15) is 37.2 Å². The summed E-state index contributed by atoms with van der Waals surface area (Å²) in [4.78, 5) is 13.8. The van der Waals surface area contributed by atoms with E-state index in [2.05, 4.69) is 6.92 Å². The molecule has 1 fully saturated rings. The molecule has 5 heteroatoms. The highest BCUT2D eigenvalue weighted by Crippen LogP contribution is 2.47. The number of aliphatic hydroxyl groups excluding tert-OH is 1. The number of rotatable bonds is 9. The number of hydrogen-bond acceptors (Lipinski definition) is 4. The summed E-state index contributed by atoms with van der Waals surface area (Å²) in [5.41, 5.74) is 0. The second kappa shape index (κ2) is 7.61. The number of hydrogen-bond donors (Lipinski definition) is 1. The van der Waals surface area contributed by atoms with Crippen LogP contribution in [-0.4, -0.2) is 49.3 Å². The Labute approximate surface area is 125 Å². The third-order valence-corrected chi connectivity index (χ3v) is 4.03. The van der Waals surface area contributed by atoms with Crippen LogP contribution in [0.5, 0.6) is 0 Å². The number of carbonyl (C=O) groups excluding carboxylic acids is 1. The number of amides is 1. The topological polar surface area (TPSA) is 62.9 Å². The normalized spacial score (nSPS) is 20.5. The second-order valence-corrected chi connectivity index (χ2v) is 5.72. The Bertz CT molecular complexity index is 457. The number of aliphatic hydroxyl groups is 1. The molecule has 2 atom stereocenters. The summed E-state index contributed by atoms with van der Waals surface area (Å²) in [6.07, 6.45) is 2.21. The number of methoxy groups -OCH3 is 1. The molecule has 0 radical (unpaired) electrons. The van der Waals surface area contributed by atoms with Gasteiger partial charge in [0, 0.05) is 39.0 Å². The summed E-state index contributed by atoms with van der Waals surface area (Å²) in [7, 11) is 1.60. The Hall–Kier alpha value is -1.33. The van der Waals surface area contributed by atoms with E-state index in [-0.39, 0.29) is 12.5 Å². The molecule has 0 aromatic carbocycles. The van der Waals surface area contributed by atoms with Crippen LogP contribution < -0.4 is 0 Å². The van der Waals surface area contributed by atoms with Gasteiger partial charge in [0.15, 0.2) is 0 Å². The van der Waals surface area contributed by atoms with Crippen LogP contribution in [0, 0.1) is 5.92 Å². The summed E-state index contributed by atoms with van der Waals surface area (Å²) in [5, 5.41) is 9.01. The molecule has 1 heterocycles. The lowest BCUT2D eigenvalue weighted by Crippen LogP contribution is -2.36. The fraction of sp³-hybridized carbons (Fsp3) is 0.688. The van der Waals surface area contributed by atoms with E-state index in [0.717, 1.165) is 17.4 Å². The van der Waals surface area contributed by atoms with E-state index in [1.165, 1.54) is 6.42 Å². The Morgan fingerprint density at radius 2 is 2.24 bits per heavy atom. The molecular formula is C16H25NO4. The number of furan rings is 1. The molecule has 1 aliphatic carbocycles. The maximum atomic E-state index is 12.1. The van der Waals surface area contributed by atoms with Gasteiger partial charge in [-0.1, -0.05) is 6.92 Å². The van der Waals surface area contributed by atoms with Crippen molar-refractivity contribution in [3.63, 3.8) is 0 Å². The Morgan fingerprint density at radius 3 is 2.86 bits per heavy atom. The predicted octanol–water partition coefficient (Wildman–Crippen LogP) is 1.80. The molecule has 1 aliphatic rings. The van der Waals surface area contributed by atoms with Crippen molar-refractivity contribution in [2.24, 2.45) is 5.92 Å². The summed E-state index contributed by atoms with van der Waals surface area (Å²) in [6.45, 7) is 3.54. The van der Waals surface area contributed by atoms with E-state index >= 15 is 0 Å². The number of nitrogens with zero attached hydrogens (tertiary/aromatic N) is 1. The van der Waals surface area contributed by atoms with Crippen LogP contribution >= 0.6 is 0 Å². The van der Waals surface area contributed by atoms with Crippen LogP contribution in [0.15, 0.2) is 16.5 Å². The molecule has 118 valence electrons. The van der Waals surface area contributed by atoms with Gasteiger partial charge in [-0.05, 0) is 24.5 Å². The molecular weight excluding hydrogens is 270 g/mol. The van der Waals surface area contributed by atoms with Gasteiger partial charge in [-0.3, -0.25) is 4.79 Å². The number of ether oxygens (including phenoxy) is 1. The Balaban J connectivity index is 1.80. The third-order valence-electron chi connectivity index (χ3n) is 4.03. The summed E-state index contributed by atoms with van der Waals surface area (Å²) >= 11 is 0. The van der Waals surface area contributed by atoms with Crippen LogP contribution in [0.3, 0.4) is 0 Å². The molecule has 1 aromatic rings. The van der Waals surface area contributed by atoms with Gasteiger partial charge in [0.05, 0.1) is 13.2 Å². The smallest absolute Gasteiger partial charge is 0.223 e. The van der Waals surface area contributed by atoms with Crippen molar-refractivity contribution < 1.29 is 19.1 Å². The van der Waals surface area contributed by atoms with Gasteiger partial charge >= 0.3 is 0 Å². The summed E-state index contributed by atoms with van der Waals surface area (Å²) < 4.78 is 10.8. The Morgan fingerprint density at radius 1 is 1.48 bits per heavy atom. The lowest BCUT2D eigenvalue weighted by molar-refractivity contribution is -0.132. The molecule has 1 saturated carbocycles. The van der Waals surface area contributed by atoms with E-state index < -0.39 is 0 Å². The minimum absolute atomic E-state index is 0.0267. The molecule has 0 spiro atoms. The van der Waals surface area contributed by atoms with Gasteiger partial charge in [-0.25, -0.2) is 0 Å². The first-order chi connectivity index (χ1) is 10.2. The average Bonchev–Trinajstić information content (AvgIpc) is 3.02. The SMILES string of the molecule is COCCN(CCO)C(=O)CCc1ccc(C2CC2C)o1. The lowest BCUT2D eigenvalue weighted by Gasteiger charge is -2.21. The molecule has 21 heavy (non-hydrogen) atoms. The van der Waals surface area contributed by atoms with Crippen LogP contribution in [0.25, 0.3) is 0 Å². The van der Waals surface area contributed by atoms with E-state index in [0.29, 0.717) is 38.5 Å². The van der Waals surface area contributed by atoms with Gasteiger partial charge in [0.2, 0.25) is 5.91 Å². The van der Waals surface area contributed by atoms with Gasteiger partial charge in [0.1, 0.15) is 11.5 Å². The Kier molecular flexibility index (Phi) is 5.82. The zero-order chi connectivity index (χ0) is 15.2. The lowest BCUT2D eigenvalue weighted by atomic mass is 10.2. The van der Waals surface area contributed by atoms with Crippen molar-refractivity contribution >= 4 is 5.91 Å². The first-order valence-corrected chi connectivity index (χ1v) is 7.62. The third kappa shape index (κ3) is 4.58. The molecule has 2 rings (SSSR count). The molecule has 0 bridgehead atoms. The molecule has 0 aliphatic heterocycles. The maximum Gasteiger partial charge on any atom is 0.223 e. The first-order valence-electron chi connectivity index (χ1n) is 7.62. The molecule has 0 saturated heterocycles. The van der Waals surface area contributed by atoms with Crippen molar-refractivity contribution in [1.82, 2.24) is 4.90 Å². The van der Waals surface area contributed by atoms with Crippen LogP contribution in [-0.2, 0) is 16.0 Å². The second-order valence-electron chi connectivity index (χ2n) is 5.72. The minimum Gasteiger partial charge on any atom is -0.466 e. The summed E-state index contributed by atoms with van der Waals surface area (Å²) in [5.74, 6) is 3.24. The predicted molar refractivity (Wildman–Crippen MR) is 79.1 cm³/mol. The fourth-order valence-corrected chi connectivity index (χ4v) is 2.52. The quantitative estimate of drug-likeness (QED) is 0.754. The first kappa shape index (κ1) is 16.0. The van der Waals surface area contributed by atoms with E-state index in [9.17, 15) is 4.79 Å². The highest BCUT2D eigenvalue weighted by atomic mass is 16.5. The van der Waals surface area contributed by atoms with Crippen LogP contribution in [0.4, 0.5) is 0 Å². The maximum absolute atomic E-state index is 12.1. The number of aryl methyl sites for hydroxylation is 1. The van der Waals surface area contributed by atoms with Crippen LogP contribution in [0.2, 0.25) is 0 Å².